The molecule has 132 valence electrons. The highest BCUT2D eigenvalue weighted by atomic mass is 127. The molecule has 0 aliphatic heterocycles. The quantitative estimate of drug-likeness (QED) is 0.300. The highest BCUT2D eigenvalue weighted by Crippen LogP contribution is 2.26. The van der Waals surface area contributed by atoms with Crippen molar-refractivity contribution in [3.05, 3.63) is 12.7 Å². The monoisotopic (exact) mass is 434 g/mol. The van der Waals surface area contributed by atoms with Crippen LogP contribution in [-0.2, 0) is 6.54 Å². The first-order valence-corrected chi connectivity index (χ1v) is 8.61. The van der Waals surface area contributed by atoms with Crippen LogP contribution in [0.15, 0.2) is 17.6 Å². The number of hydrogen-bond acceptors (Lipinski definition) is 3. The first-order valence-electron chi connectivity index (χ1n) is 8.61. The van der Waals surface area contributed by atoms with Gasteiger partial charge in [-0.2, -0.15) is 0 Å². The SMILES string of the molecule is CCC1CCCC(NC(=NC)NCCCCn2cnnc2)C1.I. The van der Waals surface area contributed by atoms with E-state index in [1.54, 1.807) is 12.7 Å². The van der Waals surface area contributed by atoms with Crippen LogP contribution in [0.2, 0.25) is 0 Å². The van der Waals surface area contributed by atoms with Gasteiger partial charge in [-0.1, -0.05) is 26.2 Å². The van der Waals surface area contributed by atoms with E-state index in [2.05, 4.69) is 32.7 Å². The standard InChI is InChI=1S/C16H30N6.HI/c1-3-14-7-6-8-15(11-14)21-16(17-2)18-9-4-5-10-22-12-19-20-13-22;/h12-15H,3-11H2,1-2H3,(H2,17,18,21);1H. The van der Waals surface area contributed by atoms with Crippen LogP contribution in [0.4, 0.5) is 0 Å². The molecule has 2 atom stereocenters. The van der Waals surface area contributed by atoms with Gasteiger partial charge in [0.25, 0.3) is 0 Å². The number of aromatic nitrogens is 3. The van der Waals surface area contributed by atoms with Gasteiger partial charge in [-0.25, -0.2) is 0 Å². The lowest BCUT2D eigenvalue weighted by atomic mass is 9.84. The summed E-state index contributed by atoms with van der Waals surface area (Å²) >= 11 is 0. The average Bonchev–Trinajstić information content (AvgIpc) is 3.07. The van der Waals surface area contributed by atoms with Crippen LogP contribution in [0.5, 0.6) is 0 Å². The molecule has 23 heavy (non-hydrogen) atoms. The predicted molar refractivity (Wildman–Crippen MR) is 105 cm³/mol. The third kappa shape index (κ3) is 7.50. The topological polar surface area (TPSA) is 67.1 Å². The number of rotatable bonds is 7. The molecule has 1 fully saturated rings. The van der Waals surface area contributed by atoms with E-state index >= 15 is 0 Å². The van der Waals surface area contributed by atoms with Crippen LogP contribution in [0.3, 0.4) is 0 Å². The van der Waals surface area contributed by atoms with Crippen molar-refractivity contribution in [2.45, 2.75) is 64.5 Å². The fourth-order valence-corrected chi connectivity index (χ4v) is 3.14. The van der Waals surface area contributed by atoms with Gasteiger partial charge in [0, 0.05) is 26.2 Å². The summed E-state index contributed by atoms with van der Waals surface area (Å²) in [6, 6.07) is 0.585. The van der Waals surface area contributed by atoms with Gasteiger partial charge in [0.15, 0.2) is 5.96 Å². The molecule has 0 amide bonds. The molecule has 1 aromatic rings. The maximum Gasteiger partial charge on any atom is 0.191 e. The first kappa shape index (κ1) is 20.2. The summed E-state index contributed by atoms with van der Waals surface area (Å²) in [6.45, 7) is 4.23. The Kier molecular flexibility index (Phi) is 10.2. The van der Waals surface area contributed by atoms with Gasteiger partial charge in [-0.05, 0) is 31.6 Å². The number of nitrogens with zero attached hydrogens (tertiary/aromatic N) is 4. The Morgan fingerprint density at radius 1 is 1.26 bits per heavy atom. The third-order valence-electron chi connectivity index (χ3n) is 4.53. The largest absolute Gasteiger partial charge is 0.356 e. The van der Waals surface area contributed by atoms with Gasteiger partial charge in [0.05, 0.1) is 0 Å². The number of hydrogen-bond donors (Lipinski definition) is 2. The second-order valence-electron chi connectivity index (χ2n) is 6.19. The van der Waals surface area contributed by atoms with E-state index in [1.165, 1.54) is 32.1 Å². The minimum absolute atomic E-state index is 0. The molecule has 1 saturated carbocycles. The maximum atomic E-state index is 4.35. The maximum absolute atomic E-state index is 4.35. The molecule has 0 radical (unpaired) electrons. The summed E-state index contributed by atoms with van der Waals surface area (Å²) in [6.07, 6.45) is 12.3. The molecule has 1 heterocycles. The zero-order valence-electron chi connectivity index (χ0n) is 14.4. The highest BCUT2D eigenvalue weighted by molar-refractivity contribution is 14.0. The van der Waals surface area contributed by atoms with Crippen LogP contribution in [0, 0.1) is 5.92 Å². The summed E-state index contributed by atoms with van der Waals surface area (Å²) in [7, 11) is 1.85. The normalized spacial score (nSPS) is 21.6. The van der Waals surface area contributed by atoms with Crippen LogP contribution < -0.4 is 10.6 Å². The van der Waals surface area contributed by atoms with Crippen molar-refractivity contribution >= 4 is 29.9 Å². The van der Waals surface area contributed by atoms with Gasteiger partial charge in [-0.15, -0.1) is 34.2 Å². The fourth-order valence-electron chi connectivity index (χ4n) is 3.14. The Bertz CT molecular complexity index is 434. The predicted octanol–water partition coefficient (Wildman–Crippen LogP) is 2.81. The minimum Gasteiger partial charge on any atom is -0.356 e. The number of aryl methyl sites for hydroxylation is 1. The molecule has 2 unspecified atom stereocenters. The third-order valence-corrected chi connectivity index (χ3v) is 4.53. The van der Waals surface area contributed by atoms with Gasteiger partial charge in [-0.3, -0.25) is 4.99 Å². The molecule has 2 rings (SSSR count). The van der Waals surface area contributed by atoms with Gasteiger partial charge in [0.1, 0.15) is 12.7 Å². The van der Waals surface area contributed by atoms with Crippen molar-refractivity contribution in [2.24, 2.45) is 10.9 Å². The van der Waals surface area contributed by atoms with Crippen LogP contribution in [0.25, 0.3) is 0 Å². The molecular formula is C16H31IN6. The molecule has 0 bridgehead atoms. The van der Waals surface area contributed by atoms with Gasteiger partial charge in [0.2, 0.25) is 0 Å². The molecule has 0 aromatic carbocycles. The average molecular weight is 434 g/mol. The summed E-state index contributed by atoms with van der Waals surface area (Å²) in [5, 5.41) is 14.6. The van der Waals surface area contributed by atoms with Crippen molar-refractivity contribution in [1.82, 2.24) is 25.4 Å². The van der Waals surface area contributed by atoms with Gasteiger partial charge >= 0.3 is 0 Å². The first-order chi connectivity index (χ1) is 10.8. The lowest BCUT2D eigenvalue weighted by Crippen LogP contribution is -2.45. The second kappa shape index (κ2) is 11.6. The highest BCUT2D eigenvalue weighted by Gasteiger charge is 2.21. The summed E-state index contributed by atoms with van der Waals surface area (Å²) < 4.78 is 2.01. The lowest BCUT2D eigenvalue weighted by Gasteiger charge is -2.30. The molecule has 2 N–H and O–H groups in total. The number of nitrogens with one attached hydrogen (secondary N) is 2. The van der Waals surface area contributed by atoms with E-state index < -0.39 is 0 Å². The number of aliphatic imine (C=N–C) groups is 1. The Hall–Kier alpha value is -0.860. The van der Waals surface area contributed by atoms with E-state index in [4.69, 9.17) is 0 Å². The number of guanidine groups is 1. The Labute approximate surface area is 157 Å². The molecule has 6 nitrogen and oxygen atoms in total. The van der Waals surface area contributed by atoms with Crippen molar-refractivity contribution < 1.29 is 0 Å². The van der Waals surface area contributed by atoms with Crippen molar-refractivity contribution in [3.63, 3.8) is 0 Å². The number of halogens is 1. The molecule has 1 aliphatic carbocycles. The Balaban J connectivity index is 0.00000264. The molecule has 1 aromatic heterocycles. The van der Waals surface area contributed by atoms with E-state index in [-0.39, 0.29) is 24.0 Å². The molecule has 1 aliphatic rings. The molecule has 7 heteroatoms. The second-order valence-corrected chi connectivity index (χ2v) is 6.19. The van der Waals surface area contributed by atoms with E-state index in [0.717, 1.165) is 37.8 Å². The summed E-state index contributed by atoms with van der Waals surface area (Å²) in [5.74, 6) is 1.83. The number of unbranched alkanes of at least 4 members (excludes halogenated alkanes) is 1. The van der Waals surface area contributed by atoms with E-state index in [9.17, 15) is 0 Å². The zero-order chi connectivity index (χ0) is 15.6. The van der Waals surface area contributed by atoms with E-state index in [1.807, 2.05) is 11.6 Å². The van der Waals surface area contributed by atoms with Crippen molar-refractivity contribution in [3.8, 4) is 0 Å². The van der Waals surface area contributed by atoms with E-state index in [0.29, 0.717) is 6.04 Å². The minimum atomic E-state index is 0. The van der Waals surface area contributed by atoms with Gasteiger partial charge < -0.3 is 15.2 Å². The molecule has 0 spiro atoms. The summed E-state index contributed by atoms with van der Waals surface area (Å²) in [5.41, 5.74) is 0. The molecular weight excluding hydrogens is 403 g/mol. The Morgan fingerprint density at radius 2 is 2.04 bits per heavy atom. The smallest absolute Gasteiger partial charge is 0.191 e. The Morgan fingerprint density at radius 3 is 2.74 bits per heavy atom. The molecule has 0 saturated heterocycles. The fraction of sp³-hybridized carbons (Fsp3) is 0.812. The van der Waals surface area contributed by atoms with Crippen LogP contribution >= 0.6 is 24.0 Å². The van der Waals surface area contributed by atoms with Crippen LogP contribution in [0.1, 0.15) is 51.9 Å². The van der Waals surface area contributed by atoms with Crippen LogP contribution in [-0.4, -0.2) is 40.4 Å². The van der Waals surface area contributed by atoms with Crippen molar-refractivity contribution in [2.75, 3.05) is 13.6 Å². The summed E-state index contributed by atoms with van der Waals surface area (Å²) in [4.78, 5) is 4.35. The lowest BCUT2D eigenvalue weighted by molar-refractivity contribution is 0.298. The van der Waals surface area contributed by atoms with Crippen molar-refractivity contribution in [1.29, 1.82) is 0 Å². The zero-order valence-corrected chi connectivity index (χ0v) is 16.7.